The van der Waals surface area contributed by atoms with E-state index in [0.717, 1.165) is 47.8 Å². The lowest BCUT2D eigenvalue weighted by molar-refractivity contribution is 0.110. The van der Waals surface area contributed by atoms with E-state index in [0.29, 0.717) is 0 Å². The number of rotatable bonds is 4. The summed E-state index contributed by atoms with van der Waals surface area (Å²) in [5, 5.41) is 0. The Morgan fingerprint density at radius 3 is 1.12 bits per heavy atom. The van der Waals surface area contributed by atoms with Gasteiger partial charge in [0.1, 0.15) is 0 Å². The molecule has 6 heteroatoms. The Morgan fingerprint density at radius 1 is 0.500 bits per heavy atom. The molecule has 2 saturated heterocycles. The highest BCUT2D eigenvalue weighted by Gasteiger charge is 2.49. The van der Waals surface area contributed by atoms with E-state index in [9.17, 15) is 0 Å². The van der Waals surface area contributed by atoms with Crippen molar-refractivity contribution in [1.82, 2.24) is 0 Å². The maximum Gasteiger partial charge on any atom is 0.494 e. The molecule has 0 radical (unpaired) electrons. The highest BCUT2D eigenvalue weighted by molar-refractivity contribution is 6.82. The average Bonchev–Trinajstić information content (AvgIpc) is 3.47. The second kappa shape index (κ2) is 9.18. The minimum atomic E-state index is -0.407. The van der Waals surface area contributed by atoms with Gasteiger partial charge >= 0.3 is 14.2 Å². The predicted molar refractivity (Wildman–Crippen MR) is 128 cm³/mol. The molecular weight excluding hydrogens is 398 g/mol. The van der Waals surface area contributed by atoms with Crippen molar-refractivity contribution in [1.29, 1.82) is 0 Å². The van der Waals surface area contributed by atoms with Crippen molar-refractivity contribution in [3.05, 3.63) is 71.8 Å². The first-order valence-corrected chi connectivity index (χ1v) is 12.3. The van der Waals surface area contributed by atoms with Crippen LogP contribution in [0.2, 0.25) is 0 Å². The van der Waals surface area contributed by atoms with E-state index in [-0.39, 0.29) is 24.4 Å². The molecule has 2 aromatic rings. The Hall–Kier alpha value is -1.85. The zero-order valence-electron chi connectivity index (χ0n) is 18.5. The molecule has 2 aliphatic heterocycles. The minimum absolute atomic E-state index is 0.178. The minimum Gasteiger partial charge on any atom is -0.402 e. The summed E-state index contributed by atoms with van der Waals surface area (Å²) in [6.45, 7) is 0. The van der Waals surface area contributed by atoms with E-state index in [1.165, 1.54) is 25.7 Å². The van der Waals surface area contributed by atoms with E-state index in [1.54, 1.807) is 0 Å². The van der Waals surface area contributed by atoms with E-state index >= 15 is 0 Å². The van der Waals surface area contributed by atoms with Gasteiger partial charge in [0.2, 0.25) is 0 Å². The van der Waals surface area contributed by atoms with Crippen LogP contribution in [0.5, 0.6) is 0 Å². The maximum atomic E-state index is 6.57. The second-order valence-electron chi connectivity index (χ2n) is 9.49. The van der Waals surface area contributed by atoms with Crippen molar-refractivity contribution in [2.45, 2.75) is 75.8 Å². The number of benzene rings is 2. The summed E-state index contributed by atoms with van der Waals surface area (Å²) in [7, 11) is -0.814. The summed E-state index contributed by atoms with van der Waals surface area (Å²) in [5.41, 5.74) is 4.32. The highest BCUT2D eigenvalue weighted by atomic mass is 16.7. The Balaban J connectivity index is 1.47. The molecule has 4 fully saturated rings. The van der Waals surface area contributed by atoms with Crippen molar-refractivity contribution in [3.63, 3.8) is 0 Å². The molecule has 4 nitrogen and oxygen atoms in total. The fraction of sp³-hybridized carbons (Fsp3) is 0.462. The Morgan fingerprint density at radius 2 is 0.812 bits per heavy atom. The van der Waals surface area contributed by atoms with Gasteiger partial charge in [-0.2, -0.15) is 0 Å². The summed E-state index contributed by atoms with van der Waals surface area (Å²) in [6, 6.07) is 21.0. The van der Waals surface area contributed by atoms with Gasteiger partial charge in [-0.3, -0.25) is 0 Å². The molecule has 0 unspecified atom stereocenters. The molecule has 2 aliphatic carbocycles. The van der Waals surface area contributed by atoms with Crippen molar-refractivity contribution in [2.24, 2.45) is 0 Å². The standard InChI is InChI=1S/C26H30B2O4/c1-3-11-19(12-4-1)25(27-29-21-15-7-8-16-22(21)30-27)26(20-13-5-2-6-14-20)28-31-23-17-9-10-18-24(23)32-28/h1-6,11-14,21-24H,7-10,15-18H2/t21-,22+,23-,24+. The van der Waals surface area contributed by atoms with Gasteiger partial charge in [0, 0.05) is 0 Å². The summed E-state index contributed by atoms with van der Waals surface area (Å²) < 4.78 is 26.3. The zero-order valence-corrected chi connectivity index (χ0v) is 18.5. The van der Waals surface area contributed by atoms with Crippen LogP contribution in [0.1, 0.15) is 62.5 Å². The molecule has 0 aromatic heterocycles. The molecule has 2 saturated carbocycles. The fourth-order valence-corrected chi connectivity index (χ4v) is 5.79. The van der Waals surface area contributed by atoms with Crippen LogP contribution in [0.4, 0.5) is 0 Å². The van der Waals surface area contributed by atoms with Gasteiger partial charge in [0.05, 0.1) is 24.4 Å². The topological polar surface area (TPSA) is 36.9 Å². The second-order valence-corrected chi connectivity index (χ2v) is 9.49. The van der Waals surface area contributed by atoms with E-state index in [2.05, 4.69) is 60.7 Å². The van der Waals surface area contributed by atoms with Gasteiger partial charge in [0.25, 0.3) is 0 Å². The van der Waals surface area contributed by atoms with E-state index < -0.39 is 14.2 Å². The monoisotopic (exact) mass is 428 g/mol. The summed E-state index contributed by atoms with van der Waals surface area (Å²) >= 11 is 0. The first-order chi connectivity index (χ1) is 15.9. The van der Waals surface area contributed by atoms with Gasteiger partial charge < -0.3 is 18.6 Å². The molecule has 0 amide bonds. The fourth-order valence-electron chi connectivity index (χ4n) is 5.79. The Kier molecular flexibility index (Phi) is 5.95. The van der Waals surface area contributed by atoms with Gasteiger partial charge in [-0.25, -0.2) is 0 Å². The van der Waals surface area contributed by atoms with E-state index in [1.807, 2.05) is 0 Å². The third-order valence-electron chi connectivity index (χ3n) is 7.41. The van der Waals surface area contributed by atoms with Gasteiger partial charge in [-0.05, 0) is 47.8 Å². The third-order valence-corrected chi connectivity index (χ3v) is 7.41. The van der Waals surface area contributed by atoms with Crippen molar-refractivity contribution in [2.75, 3.05) is 0 Å². The van der Waals surface area contributed by atoms with Crippen LogP contribution in [0.3, 0.4) is 0 Å². The summed E-state index contributed by atoms with van der Waals surface area (Å²) in [5.74, 6) is 0. The molecule has 4 atom stereocenters. The van der Waals surface area contributed by atoms with Crippen LogP contribution < -0.4 is 0 Å². The summed E-state index contributed by atoms with van der Waals surface area (Å²) in [4.78, 5) is 0. The average molecular weight is 428 g/mol. The van der Waals surface area contributed by atoms with Crippen LogP contribution in [-0.2, 0) is 18.6 Å². The summed E-state index contributed by atoms with van der Waals surface area (Å²) in [6.07, 6.45) is 9.86. The molecule has 0 bridgehead atoms. The molecular formula is C26H30B2O4. The smallest absolute Gasteiger partial charge is 0.402 e. The number of fused-ring (bicyclic) bond motifs is 2. The van der Waals surface area contributed by atoms with Crippen LogP contribution >= 0.6 is 0 Å². The van der Waals surface area contributed by atoms with E-state index in [4.69, 9.17) is 18.6 Å². The lowest BCUT2D eigenvalue weighted by Gasteiger charge is -2.22. The molecule has 32 heavy (non-hydrogen) atoms. The number of hydrogen-bond donors (Lipinski definition) is 0. The molecule has 6 rings (SSSR count). The third kappa shape index (κ3) is 3.99. The lowest BCUT2D eigenvalue weighted by Crippen LogP contribution is -2.27. The highest BCUT2D eigenvalue weighted by Crippen LogP contribution is 2.41. The zero-order chi connectivity index (χ0) is 21.3. The van der Waals surface area contributed by atoms with Crippen LogP contribution in [0, 0.1) is 0 Å². The van der Waals surface area contributed by atoms with Crippen LogP contribution in [-0.4, -0.2) is 38.7 Å². The first-order valence-electron chi connectivity index (χ1n) is 12.3. The molecule has 0 N–H and O–H groups in total. The Labute approximate surface area is 191 Å². The quantitative estimate of drug-likeness (QED) is 0.485. The molecule has 4 aliphatic rings. The van der Waals surface area contributed by atoms with Crippen molar-refractivity contribution < 1.29 is 18.6 Å². The van der Waals surface area contributed by atoms with Gasteiger partial charge in [-0.15, -0.1) is 0 Å². The molecule has 164 valence electrons. The maximum absolute atomic E-state index is 6.57. The van der Waals surface area contributed by atoms with Gasteiger partial charge in [0.15, 0.2) is 0 Å². The van der Waals surface area contributed by atoms with Crippen molar-refractivity contribution >= 4 is 25.2 Å². The largest absolute Gasteiger partial charge is 0.494 e. The first kappa shape index (κ1) is 20.7. The van der Waals surface area contributed by atoms with Crippen molar-refractivity contribution in [3.8, 4) is 0 Å². The van der Waals surface area contributed by atoms with Gasteiger partial charge in [-0.1, -0.05) is 86.3 Å². The molecule has 2 heterocycles. The Bertz CT molecular complexity index is 845. The lowest BCUT2D eigenvalue weighted by atomic mass is 9.60. The van der Waals surface area contributed by atoms with Crippen LogP contribution in [0.15, 0.2) is 60.7 Å². The predicted octanol–water partition coefficient (Wildman–Crippen LogP) is 5.37. The molecule has 0 spiro atoms. The SMILES string of the molecule is c1ccc(C(B2O[C@H]3CCCC[C@H]3O2)=C(B2O[C@H]3CCCC[C@H]3O2)c2ccccc2)cc1. The number of hydrogen-bond acceptors (Lipinski definition) is 4. The normalized spacial score (nSPS) is 30.6. The van der Waals surface area contributed by atoms with Crippen LogP contribution in [0.25, 0.3) is 10.9 Å². The molecule has 2 aromatic carbocycles.